The molecule has 3 amide bonds. The first-order valence-electron chi connectivity index (χ1n) is 14.5. The lowest BCUT2D eigenvalue weighted by molar-refractivity contribution is -0.140. The molecule has 1 aliphatic heterocycles. The molecule has 3 aliphatic rings. The van der Waals surface area contributed by atoms with Crippen LogP contribution in [-0.2, 0) is 14.3 Å². The number of amidine groups is 1. The van der Waals surface area contributed by atoms with Crippen molar-refractivity contribution in [3.63, 3.8) is 0 Å². The SMILES string of the molecule is CC(C)COC(=O)N[C@@H](C(=O)N1CCC[C@H]1C(=O)NC[C@H]1CC[C@H](C(=N)N)CC1)C(C)(C)SC1CCCC1. The minimum absolute atomic E-state index is 0.119. The molecule has 1 saturated heterocycles. The highest BCUT2D eigenvalue weighted by Gasteiger charge is 2.45. The highest BCUT2D eigenvalue weighted by Crippen LogP contribution is 2.40. The largest absolute Gasteiger partial charge is 0.449 e. The quantitative estimate of drug-likeness (QED) is 0.226. The van der Waals surface area contributed by atoms with Crippen LogP contribution in [0.5, 0.6) is 0 Å². The molecule has 3 rings (SSSR count). The average molecular weight is 552 g/mol. The van der Waals surface area contributed by atoms with E-state index in [1.807, 2.05) is 27.7 Å². The lowest BCUT2D eigenvalue weighted by Gasteiger charge is -2.38. The zero-order valence-corrected chi connectivity index (χ0v) is 24.5. The number of amides is 3. The Hall–Kier alpha value is -1.97. The molecule has 1 heterocycles. The molecule has 9 nitrogen and oxygen atoms in total. The first-order chi connectivity index (χ1) is 18.0. The minimum Gasteiger partial charge on any atom is -0.449 e. The smallest absolute Gasteiger partial charge is 0.407 e. The summed E-state index contributed by atoms with van der Waals surface area (Å²) in [6.07, 6.45) is 9.08. The molecule has 10 heteroatoms. The number of nitrogens with one attached hydrogen (secondary N) is 3. The number of thioether (sulfide) groups is 1. The van der Waals surface area contributed by atoms with Gasteiger partial charge < -0.3 is 26.0 Å². The third-order valence-electron chi connectivity index (χ3n) is 8.21. The molecule has 5 N–H and O–H groups in total. The fraction of sp³-hybridized carbons (Fsp3) is 0.857. The second-order valence-corrected chi connectivity index (χ2v) is 14.3. The minimum atomic E-state index is -0.789. The van der Waals surface area contributed by atoms with Gasteiger partial charge >= 0.3 is 6.09 Å². The van der Waals surface area contributed by atoms with Crippen molar-refractivity contribution < 1.29 is 19.1 Å². The topological polar surface area (TPSA) is 138 Å². The number of nitrogens with two attached hydrogens (primary N) is 1. The fourth-order valence-corrected chi connectivity index (χ4v) is 7.67. The summed E-state index contributed by atoms with van der Waals surface area (Å²) >= 11 is 1.77. The van der Waals surface area contributed by atoms with Crippen LogP contribution in [0.4, 0.5) is 4.79 Å². The molecule has 38 heavy (non-hydrogen) atoms. The average Bonchev–Trinajstić information content (AvgIpc) is 3.56. The maximum Gasteiger partial charge on any atom is 0.407 e. The van der Waals surface area contributed by atoms with E-state index in [0.29, 0.717) is 30.7 Å². The van der Waals surface area contributed by atoms with Gasteiger partial charge in [-0.3, -0.25) is 15.0 Å². The van der Waals surface area contributed by atoms with Gasteiger partial charge in [-0.05, 0) is 77.0 Å². The van der Waals surface area contributed by atoms with Crippen LogP contribution in [0.15, 0.2) is 0 Å². The lowest BCUT2D eigenvalue weighted by Crippen LogP contribution is -2.60. The van der Waals surface area contributed by atoms with Gasteiger partial charge in [0.25, 0.3) is 0 Å². The second kappa shape index (κ2) is 13.9. The van der Waals surface area contributed by atoms with E-state index in [1.165, 1.54) is 12.8 Å². The van der Waals surface area contributed by atoms with Crippen LogP contribution in [0.2, 0.25) is 0 Å². The second-order valence-electron chi connectivity index (χ2n) is 12.3. The summed E-state index contributed by atoms with van der Waals surface area (Å²) in [7, 11) is 0. The number of nitrogens with zero attached hydrogens (tertiary/aromatic N) is 1. The Morgan fingerprint density at radius 2 is 1.71 bits per heavy atom. The molecule has 3 fully saturated rings. The Morgan fingerprint density at radius 3 is 2.32 bits per heavy atom. The molecule has 0 spiro atoms. The van der Waals surface area contributed by atoms with Crippen molar-refractivity contribution in [2.45, 2.75) is 114 Å². The summed E-state index contributed by atoms with van der Waals surface area (Å²) in [6, 6.07) is -1.32. The van der Waals surface area contributed by atoms with Crippen LogP contribution in [0.1, 0.15) is 91.9 Å². The lowest BCUT2D eigenvalue weighted by atomic mass is 9.81. The van der Waals surface area contributed by atoms with Gasteiger partial charge in [-0.15, -0.1) is 11.8 Å². The van der Waals surface area contributed by atoms with Gasteiger partial charge in [0, 0.05) is 29.0 Å². The first kappa shape index (κ1) is 30.6. The van der Waals surface area contributed by atoms with Crippen LogP contribution < -0.4 is 16.4 Å². The molecular weight excluding hydrogens is 502 g/mol. The van der Waals surface area contributed by atoms with E-state index in [4.69, 9.17) is 15.9 Å². The summed E-state index contributed by atoms with van der Waals surface area (Å²) in [4.78, 5) is 41.6. The van der Waals surface area contributed by atoms with Crippen LogP contribution in [0.25, 0.3) is 0 Å². The highest BCUT2D eigenvalue weighted by molar-refractivity contribution is 8.01. The predicted octanol–water partition coefficient (Wildman–Crippen LogP) is 4.04. The van der Waals surface area contributed by atoms with Crippen molar-refractivity contribution in [1.82, 2.24) is 15.5 Å². The van der Waals surface area contributed by atoms with Crippen molar-refractivity contribution in [3.05, 3.63) is 0 Å². The van der Waals surface area contributed by atoms with Gasteiger partial charge in [-0.1, -0.05) is 26.7 Å². The summed E-state index contributed by atoms with van der Waals surface area (Å²) in [5.74, 6) is 0.658. The summed E-state index contributed by atoms with van der Waals surface area (Å²) in [6.45, 7) is 9.34. The molecular formula is C28H49N5O4S. The summed E-state index contributed by atoms with van der Waals surface area (Å²) < 4.78 is 4.83. The van der Waals surface area contributed by atoms with Gasteiger partial charge in [0.2, 0.25) is 11.8 Å². The standard InChI is InChI=1S/C28H49N5O4S/c1-18(2)17-37-27(36)32-23(28(3,4)38-21-8-5-6-9-21)26(35)33-15-7-10-22(33)25(34)31-16-19-11-13-20(14-12-19)24(29)30/h18-23H,5-17H2,1-4H3,(H3,29,30)(H,31,34)(H,32,36)/t19-,20-,22-,23-/m0/s1. The molecule has 2 aliphatic carbocycles. The van der Waals surface area contributed by atoms with Crippen molar-refractivity contribution in [3.8, 4) is 0 Å². The Kier molecular flexibility index (Phi) is 11.2. The molecule has 0 aromatic heterocycles. The van der Waals surface area contributed by atoms with E-state index in [9.17, 15) is 14.4 Å². The fourth-order valence-electron chi connectivity index (χ4n) is 5.95. The van der Waals surface area contributed by atoms with Gasteiger partial charge in [0.05, 0.1) is 12.4 Å². The highest BCUT2D eigenvalue weighted by atomic mass is 32.2. The van der Waals surface area contributed by atoms with Gasteiger partial charge in [0.15, 0.2) is 0 Å². The molecule has 0 bridgehead atoms. The molecule has 2 saturated carbocycles. The van der Waals surface area contributed by atoms with Crippen LogP contribution in [-0.4, -0.2) is 70.4 Å². The Balaban J connectivity index is 1.64. The first-order valence-corrected chi connectivity index (χ1v) is 15.4. The van der Waals surface area contributed by atoms with Crippen molar-refractivity contribution in [2.75, 3.05) is 19.7 Å². The number of carbonyl (C=O) groups excluding carboxylic acids is 3. The number of hydrogen-bond acceptors (Lipinski definition) is 6. The number of likely N-dealkylation sites (tertiary alicyclic amines) is 1. The van der Waals surface area contributed by atoms with E-state index < -0.39 is 22.9 Å². The van der Waals surface area contributed by atoms with Crippen LogP contribution in [0.3, 0.4) is 0 Å². The van der Waals surface area contributed by atoms with Crippen molar-refractivity contribution in [1.29, 1.82) is 5.41 Å². The van der Waals surface area contributed by atoms with Crippen LogP contribution >= 0.6 is 11.8 Å². The molecule has 2 atom stereocenters. The van der Waals surface area contributed by atoms with Crippen molar-refractivity contribution in [2.24, 2.45) is 23.5 Å². The maximum absolute atomic E-state index is 14.0. The van der Waals surface area contributed by atoms with E-state index in [-0.39, 0.29) is 36.1 Å². The number of alkyl carbamates (subject to hydrolysis) is 1. The van der Waals surface area contributed by atoms with Gasteiger partial charge in [0.1, 0.15) is 12.1 Å². The molecule has 0 aromatic rings. The number of ether oxygens (including phenoxy) is 1. The van der Waals surface area contributed by atoms with Crippen LogP contribution in [0, 0.1) is 23.2 Å². The van der Waals surface area contributed by atoms with E-state index in [0.717, 1.165) is 44.9 Å². The molecule has 0 aromatic carbocycles. The Morgan fingerprint density at radius 1 is 1.05 bits per heavy atom. The van der Waals surface area contributed by atoms with E-state index >= 15 is 0 Å². The van der Waals surface area contributed by atoms with Gasteiger partial charge in [-0.25, -0.2) is 4.79 Å². The Bertz CT molecular complexity index is 837. The number of carbonyl (C=O) groups is 3. The van der Waals surface area contributed by atoms with E-state index in [1.54, 1.807) is 16.7 Å². The summed E-state index contributed by atoms with van der Waals surface area (Å²) in [5, 5.41) is 14.1. The number of rotatable bonds is 11. The van der Waals surface area contributed by atoms with Gasteiger partial charge in [-0.2, -0.15) is 0 Å². The molecule has 216 valence electrons. The number of hydrogen-bond donors (Lipinski definition) is 4. The molecule has 0 radical (unpaired) electrons. The zero-order valence-electron chi connectivity index (χ0n) is 23.7. The third-order valence-corrected chi connectivity index (χ3v) is 9.86. The molecule has 0 unspecified atom stereocenters. The van der Waals surface area contributed by atoms with E-state index in [2.05, 4.69) is 10.6 Å². The summed E-state index contributed by atoms with van der Waals surface area (Å²) in [5.41, 5.74) is 5.66. The third kappa shape index (κ3) is 8.52. The monoisotopic (exact) mass is 551 g/mol. The normalized spacial score (nSPS) is 25.3. The zero-order chi connectivity index (χ0) is 27.9. The maximum atomic E-state index is 14.0. The Labute approximate surface area is 232 Å². The predicted molar refractivity (Wildman–Crippen MR) is 152 cm³/mol. The van der Waals surface area contributed by atoms with Crippen molar-refractivity contribution >= 4 is 35.5 Å².